The molecule has 25 heavy (non-hydrogen) atoms. The largest absolute Gasteiger partial charge is 0.350 e. The molecule has 0 radical (unpaired) electrons. The summed E-state index contributed by atoms with van der Waals surface area (Å²) in [5, 5.41) is 7.10. The minimum atomic E-state index is -0.450. The first-order valence-electron chi connectivity index (χ1n) is 8.07. The predicted molar refractivity (Wildman–Crippen MR) is 103 cm³/mol. The van der Waals surface area contributed by atoms with E-state index in [9.17, 15) is 9.59 Å². The molecule has 132 valence electrons. The quantitative estimate of drug-likeness (QED) is 0.742. The van der Waals surface area contributed by atoms with E-state index in [0.29, 0.717) is 20.9 Å². The highest BCUT2D eigenvalue weighted by molar-refractivity contribution is 8.18. The Hall–Kier alpha value is -1.50. The molecule has 0 saturated heterocycles. The molecule has 1 aliphatic heterocycles. The second kappa shape index (κ2) is 8.25. The van der Waals surface area contributed by atoms with Crippen LogP contribution in [0.3, 0.4) is 0 Å². The Balaban J connectivity index is 1.62. The number of hydrogen-bond acceptors (Lipinski definition) is 4. The van der Waals surface area contributed by atoms with Crippen LogP contribution in [0.25, 0.3) is 0 Å². The van der Waals surface area contributed by atoms with Gasteiger partial charge >= 0.3 is 0 Å². The number of amidine groups is 1. The Morgan fingerprint density at radius 1 is 1.20 bits per heavy atom. The molecule has 0 spiro atoms. The van der Waals surface area contributed by atoms with Gasteiger partial charge in [-0.05, 0) is 36.7 Å². The van der Waals surface area contributed by atoms with Crippen LogP contribution in [-0.2, 0) is 9.59 Å². The molecular weight excluding hydrogens is 381 g/mol. The number of carbonyl (C=O) groups excluding carboxylic acids is 2. The van der Waals surface area contributed by atoms with Crippen LogP contribution in [0.5, 0.6) is 0 Å². The second-order valence-corrected chi connectivity index (χ2v) is 7.74. The molecular formula is C17H17Cl2N3O2S. The summed E-state index contributed by atoms with van der Waals surface area (Å²) in [6, 6.07) is 5.30. The van der Waals surface area contributed by atoms with Crippen LogP contribution in [0.15, 0.2) is 34.2 Å². The zero-order chi connectivity index (χ0) is 17.8. The van der Waals surface area contributed by atoms with Crippen LogP contribution < -0.4 is 10.6 Å². The highest BCUT2D eigenvalue weighted by Gasteiger charge is 2.24. The van der Waals surface area contributed by atoms with Gasteiger partial charge in [0.15, 0.2) is 5.17 Å². The number of carbonyl (C=O) groups is 2. The fourth-order valence-corrected chi connectivity index (χ4v) is 4.08. The molecule has 1 aliphatic carbocycles. The average Bonchev–Trinajstić information content (AvgIpc) is 2.91. The maximum Gasteiger partial charge on any atom is 0.286 e. The second-order valence-electron chi connectivity index (χ2n) is 5.90. The van der Waals surface area contributed by atoms with E-state index in [1.165, 1.54) is 12.5 Å². The first-order chi connectivity index (χ1) is 12.0. The van der Waals surface area contributed by atoms with Crippen molar-refractivity contribution in [3.63, 3.8) is 0 Å². The molecule has 1 aromatic carbocycles. The molecule has 5 nitrogen and oxygen atoms in total. The Bertz CT molecular complexity index is 738. The van der Waals surface area contributed by atoms with Crippen molar-refractivity contribution in [2.24, 2.45) is 4.99 Å². The third-order valence-electron chi connectivity index (χ3n) is 4.03. The van der Waals surface area contributed by atoms with Gasteiger partial charge in [0.1, 0.15) is 0 Å². The number of benzene rings is 1. The van der Waals surface area contributed by atoms with E-state index in [2.05, 4.69) is 15.6 Å². The summed E-state index contributed by atoms with van der Waals surface area (Å²) in [4.78, 5) is 28.3. The van der Waals surface area contributed by atoms with Gasteiger partial charge in [-0.2, -0.15) is 4.99 Å². The minimum Gasteiger partial charge on any atom is -0.350 e. The first-order valence-corrected chi connectivity index (χ1v) is 9.64. The van der Waals surface area contributed by atoms with Crippen molar-refractivity contribution in [2.45, 2.75) is 38.1 Å². The van der Waals surface area contributed by atoms with Crippen molar-refractivity contribution in [1.29, 1.82) is 0 Å². The zero-order valence-corrected chi connectivity index (χ0v) is 15.7. The third kappa shape index (κ3) is 4.77. The van der Waals surface area contributed by atoms with Gasteiger partial charge in [0.05, 0.1) is 20.6 Å². The number of rotatable bonds is 3. The van der Waals surface area contributed by atoms with Crippen molar-refractivity contribution in [1.82, 2.24) is 5.32 Å². The summed E-state index contributed by atoms with van der Waals surface area (Å²) in [5.74, 6) is -0.704. The van der Waals surface area contributed by atoms with Crippen molar-refractivity contribution in [3.8, 4) is 0 Å². The maximum absolute atomic E-state index is 12.1. The van der Waals surface area contributed by atoms with E-state index >= 15 is 0 Å². The van der Waals surface area contributed by atoms with Gasteiger partial charge in [-0.3, -0.25) is 9.59 Å². The summed E-state index contributed by atoms with van der Waals surface area (Å²) >= 11 is 13.3. The summed E-state index contributed by atoms with van der Waals surface area (Å²) in [5.41, 5.74) is 0.484. The van der Waals surface area contributed by atoms with E-state index in [-0.39, 0.29) is 16.9 Å². The SMILES string of the molecule is O=C(C=C1SC(Nc2c(Cl)cccc2Cl)=NC1=O)NC1CCCCC1. The highest BCUT2D eigenvalue weighted by atomic mass is 35.5. The molecule has 2 N–H and O–H groups in total. The normalized spacial score (nSPS) is 19.8. The number of para-hydroxylation sites is 1. The number of halogens is 2. The molecule has 3 rings (SSSR count). The lowest BCUT2D eigenvalue weighted by Crippen LogP contribution is -2.35. The Kier molecular flexibility index (Phi) is 6.04. The van der Waals surface area contributed by atoms with Crippen molar-refractivity contribution in [3.05, 3.63) is 39.2 Å². The van der Waals surface area contributed by atoms with Gasteiger partial charge in [-0.1, -0.05) is 48.5 Å². The standard InChI is InChI=1S/C17H17Cl2N3O2S/c18-11-7-4-8-12(19)15(11)21-17-22-16(24)13(25-17)9-14(23)20-10-5-2-1-3-6-10/h4,7-10H,1-3,5-6H2,(H,20,23)(H,21,22,24). The van der Waals surface area contributed by atoms with Gasteiger partial charge in [0, 0.05) is 12.1 Å². The number of nitrogens with zero attached hydrogens (tertiary/aromatic N) is 1. The van der Waals surface area contributed by atoms with Gasteiger partial charge in [0.25, 0.3) is 5.91 Å². The molecule has 0 unspecified atom stereocenters. The molecule has 2 aliphatic rings. The van der Waals surface area contributed by atoms with E-state index in [1.54, 1.807) is 18.2 Å². The van der Waals surface area contributed by atoms with E-state index in [1.807, 2.05) is 0 Å². The zero-order valence-electron chi connectivity index (χ0n) is 13.4. The lowest BCUT2D eigenvalue weighted by Gasteiger charge is -2.21. The van der Waals surface area contributed by atoms with Crippen LogP contribution in [-0.4, -0.2) is 23.0 Å². The molecule has 1 fully saturated rings. The van der Waals surface area contributed by atoms with E-state index < -0.39 is 5.91 Å². The van der Waals surface area contributed by atoms with Crippen molar-refractivity contribution in [2.75, 3.05) is 5.32 Å². The Labute approximate surface area is 160 Å². The molecule has 1 heterocycles. The van der Waals surface area contributed by atoms with E-state index in [0.717, 1.165) is 37.4 Å². The van der Waals surface area contributed by atoms with Crippen LogP contribution in [0.1, 0.15) is 32.1 Å². The molecule has 8 heteroatoms. The summed E-state index contributed by atoms with van der Waals surface area (Å²) < 4.78 is 0. The average molecular weight is 398 g/mol. The molecule has 0 aromatic heterocycles. The lowest BCUT2D eigenvalue weighted by atomic mass is 9.95. The number of nitrogens with one attached hydrogen (secondary N) is 2. The van der Waals surface area contributed by atoms with Gasteiger partial charge in [0.2, 0.25) is 5.91 Å². The monoisotopic (exact) mass is 397 g/mol. The smallest absolute Gasteiger partial charge is 0.286 e. The lowest BCUT2D eigenvalue weighted by molar-refractivity contribution is -0.118. The first kappa shape index (κ1) is 18.3. The van der Waals surface area contributed by atoms with Gasteiger partial charge in [-0.15, -0.1) is 0 Å². The van der Waals surface area contributed by atoms with Crippen molar-refractivity contribution >= 4 is 57.6 Å². The molecule has 2 amide bonds. The Morgan fingerprint density at radius 2 is 1.88 bits per heavy atom. The van der Waals surface area contributed by atoms with Crippen LogP contribution >= 0.6 is 35.0 Å². The fourth-order valence-electron chi connectivity index (χ4n) is 2.80. The number of thioether (sulfide) groups is 1. The molecule has 0 atom stereocenters. The van der Waals surface area contributed by atoms with E-state index in [4.69, 9.17) is 23.2 Å². The molecule has 0 bridgehead atoms. The number of amides is 2. The topological polar surface area (TPSA) is 70.6 Å². The third-order valence-corrected chi connectivity index (χ3v) is 5.56. The number of hydrogen-bond donors (Lipinski definition) is 2. The predicted octanol–water partition coefficient (Wildman–Crippen LogP) is 4.37. The fraction of sp³-hybridized carbons (Fsp3) is 0.353. The molecule has 1 saturated carbocycles. The minimum absolute atomic E-state index is 0.194. The van der Waals surface area contributed by atoms with Crippen LogP contribution in [0.2, 0.25) is 10.0 Å². The van der Waals surface area contributed by atoms with Crippen molar-refractivity contribution < 1.29 is 9.59 Å². The number of anilines is 1. The van der Waals surface area contributed by atoms with Gasteiger partial charge < -0.3 is 10.6 Å². The van der Waals surface area contributed by atoms with Crippen LogP contribution in [0, 0.1) is 0 Å². The Morgan fingerprint density at radius 3 is 2.56 bits per heavy atom. The summed E-state index contributed by atoms with van der Waals surface area (Å²) in [7, 11) is 0. The van der Waals surface area contributed by atoms with Crippen LogP contribution in [0.4, 0.5) is 5.69 Å². The highest BCUT2D eigenvalue weighted by Crippen LogP contribution is 2.33. The summed E-state index contributed by atoms with van der Waals surface area (Å²) in [6.45, 7) is 0. The molecule has 1 aromatic rings. The van der Waals surface area contributed by atoms with Gasteiger partial charge in [-0.25, -0.2) is 0 Å². The summed E-state index contributed by atoms with van der Waals surface area (Å²) in [6.07, 6.45) is 6.77. The maximum atomic E-state index is 12.1. The number of aliphatic imine (C=N–C) groups is 1.